The number of rotatable bonds is 12. The third-order valence-corrected chi connectivity index (χ3v) is 8.91. The molecule has 0 aliphatic heterocycles. The average Bonchev–Trinajstić information content (AvgIpc) is 3.43. The fraction of sp³-hybridized carbons (Fsp3) is 0.281. The molecule has 2 amide bonds. The first-order valence-corrected chi connectivity index (χ1v) is 16.8. The van der Waals surface area contributed by atoms with Crippen molar-refractivity contribution in [1.82, 2.24) is 15.0 Å². The number of amides is 2. The Morgan fingerprint density at radius 3 is 2.49 bits per heavy atom. The van der Waals surface area contributed by atoms with Crippen LogP contribution in [-0.4, -0.2) is 49.4 Å². The minimum atomic E-state index is -4.13. The summed E-state index contributed by atoms with van der Waals surface area (Å²) in [5, 5.41) is 9.36. The Balaban J connectivity index is 1.53. The zero-order valence-electron chi connectivity index (χ0n) is 26.3. The Kier molecular flexibility index (Phi) is 11.3. The third kappa shape index (κ3) is 10.6. The van der Waals surface area contributed by atoms with Crippen LogP contribution in [0.4, 0.5) is 10.5 Å². The summed E-state index contributed by atoms with van der Waals surface area (Å²) in [6.45, 7) is 6.44. The van der Waals surface area contributed by atoms with Crippen LogP contribution in [0.15, 0.2) is 82.8 Å². The molecule has 5 N–H and O–H groups in total. The van der Waals surface area contributed by atoms with Gasteiger partial charge in [0.15, 0.2) is 5.84 Å². The molecule has 13 nitrogen and oxygen atoms in total. The predicted octanol–water partition coefficient (Wildman–Crippen LogP) is 4.60. The van der Waals surface area contributed by atoms with E-state index in [2.05, 4.69) is 25.3 Å². The lowest BCUT2D eigenvalue weighted by atomic mass is 10.0. The molecule has 0 radical (unpaired) electrons. The number of oxime groups is 1. The Morgan fingerprint density at radius 2 is 1.77 bits per heavy atom. The van der Waals surface area contributed by atoms with E-state index in [1.165, 1.54) is 36.5 Å². The number of para-hydroxylation sites is 1. The van der Waals surface area contributed by atoms with E-state index < -0.39 is 39.6 Å². The van der Waals surface area contributed by atoms with Crippen molar-refractivity contribution >= 4 is 61.1 Å². The van der Waals surface area contributed by atoms with Crippen molar-refractivity contribution in [1.29, 1.82) is 0 Å². The van der Waals surface area contributed by atoms with Gasteiger partial charge in [-0.25, -0.2) is 27.7 Å². The molecule has 0 saturated heterocycles. The molecule has 1 unspecified atom stereocenters. The normalized spacial score (nSPS) is 12.7. The first kappa shape index (κ1) is 35.0. The van der Waals surface area contributed by atoms with Crippen molar-refractivity contribution in [2.75, 3.05) is 11.9 Å². The molecule has 0 saturated carbocycles. The first-order chi connectivity index (χ1) is 22.2. The average molecular weight is 681 g/mol. The summed E-state index contributed by atoms with van der Waals surface area (Å²) in [5.41, 5.74) is 7.52. The lowest BCUT2D eigenvalue weighted by molar-refractivity contribution is -0.140. The fourth-order valence-electron chi connectivity index (χ4n) is 4.29. The van der Waals surface area contributed by atoms with Crippen LogP contribution in [0.5, 0.6) is 0 Å². The van der Waals surface area contributed by atoms with Gasteiger partial charge in [0, 0.05) is 31.1 Å². The molecule has 4 aromatic rings. The second-order valence-corrected chi connectivity index (χ2v) is 14.2. The molecule has 0 aliphatic carbocycles. The number of ether oxygens (including phenoxy) is 1. The Morgan fingerprint density at radius 1 is 1.02 bits per heavy atom. The van der Waals surface area contributed by atoms with E-state index in [4.69, 9.17) is 15.5 Å². The highest BCUT2D eigenvalue weighted by Crippen LogP contribution is 2.30. The molecule has 1 atom stereocenters. The molecular formula is C32H36N6O7S2. The fourth-order valence-corrected chi connectivity index (χ4v) is 6.63. The molecule has 0 fully saturated rings. The number of amidine groups is 1. The topological polar surface area (TPSA) is 191 Å². The quantitative estimate of drug-likeness (QED) is 0.0717. The van der Waals surface area contributed by atoms with E-state index in [-0.39, 0.29) is 35.8 Å². The van der Waals surface area contributed by atoms with Gasteiger partial charge in [-0.3, -0.25) is 4.79 Å². The number of fused-ring (bicyclic) bond motifs is 1. The maximum Gasteiger partial charge on any atom is 0.407 e. The molecule has 3 aromatic carbocycles. The van der Waals surface area contributed by atoms with E-state index in [1.807, 2.05) is 30.3 Å². The van der Waals surface area contributed by atoms with Crippen LogP contribution in [0.1, 0.15) is 56.3 Å². The zero-order valence-corrected chi connectivity index (χ0v) is 27.9. The summed E-state index contributed by atoms with van der Waals surface area (Å²) in [5.74, 6) is -1.06. The second-order valence-electron chi connectivity index (χ2n) is 11.4. The highest BCUT2D eigenvalue weighted by Gasteiger charge is 2.25. The number of carbonyl (C=O) groups excluding carboxylic acids is 3. The summed E-state index contributed by atoms with van der Waals surface area (Å²) < 4.78 is 36.3. The van der Waals surface area contributed by atoms with Gasteiger partial charge in [0.2, 0.25) is 15.9 Å². The maximum atomic E-state index is 13.7. The molecule has 248 valence electrons. The van der Waals surface area contributed by atoms with Crippen LogP contribution in [-0.2, 0) is 35.6 Å². The summed E-state index contributed by atoms with van der Waals surface area (Å²) in [7, 11) is -4.13. The first-order valence-electron chi connectivity index (χ1n) is 14.5. The Bertz CT molecular complexity index is 1870. The van der Waals surface area contributed by atoms with Crippen molar-refractivity contribution in [2.45, 2.75) is 57.1 Å². The minimum Gasteiger partial charge on any atom is -0.444 e. The number of hydrogen-bond donors (Lipinski definition) is 4. The van der Waals surface area contributed by atoms with E-state index in [0.717, 1.165) is 15.8 Å². The van der Waals surface area contributed by atoms with Crippen LogP contribution in [0, 0.1) is 0 Å². The number of carbonyl (C=O) groups is 3. The molecule has 0 bridgehead atoms. The monoisotopic (exact) mass is 680 g/mol. The van der Waals surface area contributed by atoms with Crippen LogP contribution < -0.4 is 21.1 Å². The molecule has 4 rings (SSSR count). The molecular weight excluding hydrogens is 645 g/mol. The van der Waals surface area contributed by atoms with Gasteiger partial charge in [-0.1, -0.05) is 41.6 Å². The van der Waals surface area contributed by atoms with Gasteiger partial charge in [-0.15, -0.1) is 11.3 Å². The number of thiazole rings is 1. The van der Waals surface area contributed by atoms with Crippen molar-refractivity contribution in [3.63, 3.8) is 0 Å². The zero-order chi connectivity index (χ0) is 34.2. The van der Waals surface area contributed by atoms with Crippen LogP contribution in [0.25, 0.3) is 10.2 Å². The van der Waals surface area contributed by atoms with E-state index in [0.29, 0.717) is 10.6 Å². The summed E-state index contributed by atoms with van der Waals surface area (Å²) in [4.78, 5) is 44.8. The molecule has 0 aliphatic rings. The van der Waals surface area contributed by atoms with Crippen LogP contribution in [0.2, 0.25) is 0 Å². The van der Waals surface area contributed by atoms with E-state index >= 15 is 0 Å². The van der Waals surface area contributed by atoms with Gasteiger partial charge >= 0.3 is 12.1 Å². The van der Waals surface area contributed by atoms with Gasteiger partial charge in [0.1, 0.15) is 10.6 Å². The maximum absolute atomic E-state index is 13.7. The number of anilines is 1. The van der Waals surface area contributed by atoms with Crippen LogP contribution >= 0.6 is 11.3 Å². The van der Waals surface area contributed by atoms with E-state index in [9.17, 15) is 22.8 Å². The largest absolute Gasteiger partial charge is 0.444 e. The smallest absolute Gasteiger partial charge is 0.407 e. The molecule has 47 heavy (non-hydrogen) atoms. The molecule has 1 heterocycles. The van der Waals surface area contributed by atoms with Gasteiger partial charge in [0.05, 0.1) is 21.2 Å². The van der Waals surface area contributed by atoms with Crippen molar-refractivity contribution < 1.29 is 32.4 Å². The lowest BCUT2D eigenvalue weighted by Gasteiger charge is -2.19. The number of nitrogens with one attached hydrogen (secondary N) is 3. The Hall–Kier alpha value is -4.86. The van der Waals surface area contributed by atoms with Crippen molar-refractivity contribution in [3.8, 4) is 0 Å². The molecule has 0 spiro atoms. The predicted molar refractivity (Wildman–Crippen MR) is 179 cm³/mol. The van der Waals surface area contributed by atoms with Gasteiger partial charge in [0.25, 0.3) is 0 Å². The number of benzene rings is 3. The van der Waals surface area contributed by atoms with Crippen LogP contribution in [0.3, 0.4) is 0 Å². The number of sulfonamides is 1. The van der Waals surface area contributed by atoms with Gasteiger partial charge < -0.3 is 25.9 Å². The highest BCUT2D eigenvalue weighted by molar-refractivity contribution is 7.89. The molecule has 15 heteroatoms. The number of nitrogens with two attached hydrogens (primary N) is 1. The van der Waals surface area contributed by atoms with Gasteiger partial charge in [-0.2, -0.15) is 0 Å². The summed E-state index contributed by atoms with van der Waals surface area (Å²) >= 11 is 1.37. The summed E-state index contributed by atoms with van der Waals surface area (Å²) in [6, 6.07) is 19.5. The van der Waals surface area contributed by atoms with E-state index in [1.54, 1.807) is 45.0 Å². The third-order valence-electron chi connectivity index (χ3n) is 6.29. The Labute approximate surface area is 276 Å². The van der Waals surface area contributed by atoms with Gasteiger partial charge in [-0.05, 0) is 69.2 Å². The number of nitrogens with zero attached hydrogens (tertiary/aromatic N) is 2. The van der Waals surface area contributed by atoms with Crippen molar-refractivity contribution in [2.24, 2.45) is 10.9 Å². The number of alkyl carbamates (subject to hydrolysis) is 1. The lowest BCUT2D eigenvalue weighted by Crippen LogP contribution is -2.34. The number of aromatic nitrogens is 1. The summed E-state index contributed by atoms with van der Waals surface area (Å²) in [6.07, 6.45) is -0.490. The number of hydrogen-bond acceptors (Lipinski definition) is 10. The highest BCUT2D eigenvalue weighted by atomic mass is 32.2. The van der Waals surface area contributed by atoms with Crippen molar-refractivity contribution in [3.05, 3.63) is 88.9 Å². The standard InChI is InChI=1S/C32H36N6O7S2/c1-20(39)45-37-29(33)22-10-7-9-21(17-22)18-26(30-36-25-13-5-6-14-27(25)46-30)38-47(42,43)24-12-8-11-23(19-24)35-28(40)15-16-34-31(41)44-32(2,3)4/h5-14,17,19,26,38H,15-16,18H2,1-4H3,(H2,33,37)(H,34,41)(H,35,40). The molecule has 1 aromatic heterocycles. The SMILES string of the molecule is CC(=O)ON=C(N)c1cccc(CC(NS(=O)(=O)c2cccc(NC(=O)CCNC(=O)OC(C)(C)C)c2)c2nc3ccccc3s2)c1. The minimum absolute atomic E-state index is 0.0151. The second kappa shape index (κ2) is 15.2.